The molecule has 34 heavy (non-hydrogen) atoms. The molecule has 174 valence electrons. The van der Waals surface area contributed by atoms with Crippen molar-refractivity contribution >= 4 is 49.8 Å². The van der Waals surface area contributed by atoms with Crippen molar-refractivity contribution in [1.29, 1.82) is 0 Å². The summed E-state index contributed by atoms with van der Waals surface area (Å²) in [4.78, 5) is 24.6. The van der Waals surface area contributed by atoms with E-state index in [4.69, 9.17) is 11.6 Å². The van der Waals surface area contributed by atoms with Gasteiger partial charge in [0.1, 0.15) is 0 Å². The molecule has 2 N–H and O–H groups in total. The summed E-state index contributed by atoms with van der Waals surface area (Å²) in [6.45, 7) is 1.91. The molecule has 1 aromatic heterocycles. The molecule has 0 unspecified atom stereocenters. The fourth-order valence-corrected chi connectivity index (χ4v) is 5.07. The van der Waals surface area contributed by atoms with Crippen LogP contribution in [0, 0.1) is 6.92 Å². The number of carbonyl (C=O) groups is 1. The minimum absolute atomic E-state index is 0.0262. The molecule has 0 bridgehead atoms. The molecule has 0 aliphatic carbocycles. The number of rotatable bonds is 7. The van der Waals surface area contributed by atoms with Gasteiger partial charge in [-0.15, -0.1) is 0 Å². The Balaban J connectivity index is 1.49. The van der Waals surface area contributed by atoms with E-state index in [9.17, 15) is 18.0 Å². The average molecular weight is 497 g/mol. The summed E-state index contributed by atoms with van der Waals surface area (Å²) in [6.07, 6.45) is 1.30. The van der Waals surface area contributed by atoms with Crippen molar-refractivity contribution in [3.8, 4) is 0 Å². The zero-order chi connectivity index (χ0) is 24.3. The normalized spacial score (nSPS) is 11.4. The van der Waals surface area contributed by atoms with Crippen molar-refractivity contribution in [2.45, 2.75) is 24.8 Å². The molecule has 0 aliphatic heterocycles. The first-order chi connectivity index (χ1) is 16.2. The van der Waals surface area contributed by atoms with Crippen LogP contribution >= 0.6 is 11.6 Å². The van der Waals surface area contributed by atoms with Crippen LogP contribution in [0.1, 0.15) is 12.0 Å². The predicted molar refractivity (Wildman–Crippen MR) is 133 cm³/mol. The number of halogens is 1. The van der Waals surface area contributed by atoms with E-state index in [2.05, 4.69) is 15.1 Å². The number of hydrogen-bond donors (Lipinski definition) is 2. The number of nitrogens with one attached hydrogen (secondary N) is 2. The second kappa shape index (κ2) is 9.66. The average Bonchev–Trinajstić information content (AvgIpc) is 2.81. The summed E-state index contributed by atoms with van der Waals surface area (Å²) in [7, 11) is -3.94. The lowest BCUT2D eigenvalue weighted by atomic mass is 10.2. The lowest BCUT2D eigenvalue weighted by Gasteiger charge is -2.14. The fourth-order valence-electron chi connectivity index (χ4n) is 3.48. The molecule has 0 atom stereocenters. The largest absolute Gasteiger partial charge is 0.326 e. The van der Waals surface area contributed by atoms with Crippen LogP contribution in [-0.4, -0.2) is 24.1 Å². The molecule has 0 aliphatic rings. The molecular formula is C24H21ClN4O4S. The number of benzene rings is 3. The highest BCUT2D eigenvalue weighted by molar-refractivity contribution is 7.92. The number of anilines is 2. The number of aromatic nitrogens is 2. The van der Waals surface area contributed by atoms with Gasteiger partial charge in [-0.3, -0.25) is 19.0 Å². The summed E-state index contributed by atoms with van der Waals surface area (Å²) >= 11 is 6.08. The molecule has 4 aromatic rings. The molecule has 1 amide bonds. The van der Waals surface area contributed by atoms with Crippen LogP contribution in [0.3, 0.4) is 0 Å². The maximum absolute atomic E-state index is 13.0. The second-order valence-electron chi connectivity index (χ2n) is 7.61. The third kappa shape index (κ3) is 5.11. The summed E-state index contributed by atoms with van der Waals surface area (Å²) < 4.78 is 30.0. The number of para-hydroxylation sites is 2. The van der Waals surface area contributed by atoms with E-state index in [1.54, 1.807) is 72.3 Å². The molecule has 0 saturated heterocycles. The van der Waals surface area contributed by atoms with Crippen LogP contribution in [0.15, 0.2) is 82.6 Å². The number of fused-ring (bicyclic) bond motifs is 1. The maximum Gasteiger partial charge on any atom is 0.262 e. The molecular weight excluding hydrogens is 476 g/mol. The topological polar surface area (TPSA) is 110 Å². The van der Waals surface area contributed by atoms with Crippen molar-refractivity contribution in [3.63, 3.8) is 0 Å². The van der Waals surface area contributed by atoms with Gasteiger partial charge in [0.25, 0.3) is 10.0 Å². The number of amides is 1. The van der Waals surface area contributed by atoms with E-state index < -0.39 is 10.0 Å². The predicted octanol–water partition coefficient (Wildman–Crippen LogP) is 4.19. The van der Waals surface area contributed by atoms with Gasteiger partial charge < -0.3 is 5.32 Å². The van der Waals surface area contributed by atoms with E-state index in [0.29, 0.717) is 22.2 Å². The summed E-state index contributed by atoms with van der Waals surface area (Å²) in [5.74, 6) is -0.323. The molecule has 3 aromatic carbocycles. The second-order valence-corrected chi connectivity index (χ2v) is 9.67. The Morgan fingerprint density at radius 2 is 1.79 bits per heavy atom. The fraction of sp³-hybridized carbons (Fsp3) is 0.125. The highest BCUT2D eigenvalue weighted by atomic mass is 35.5. The minimum atomic E-state index is -3.94. The number of sulfonamides is 1. The quantitative estimate of drug-likeness (QED) is 0.398. The van der Waals surface area contributed by atoms with Crippen molar-refractivity contribution < 1.29 is 13.2 Å². The van der Waals surface area contributed by atoms with Crippen LogP contribution in [0.4, 0.5) is 11.4 Å². The number of aryl methyl sites for hydroxylation is 2. The summed E-state index contributed by atoms with van der Waals surface area (Å²) in [5.41, 5.74) is 1.57. The molecule has 8 nitrogen and oxygen atoms in total. The lowest BCUT2D eigenvalue weighted by Crippen LogP contribution is -2.19. The third-order valence-electron chi connectivity index (χ3n) is 5.19. The Morgan fingerprint density at radius 1 is 1.06 bits per heavy atom. The van der Waals surface area contributed by atoms with Crippen molar-refractivity contribution in [2.24, 2.45) is 0 Å². The van der Waals surface area contributed by atoms with Crippen LogP contribution in [0.25, 0.3) is 10.9 Å². The maximum atomic E-state index is 13.0. The van der Waals surface area contributed by atoms with Gasteiger partial charge in [-0.1, -0.05) is 41.9 Å². The molecule has 4 rings (SSSR count). The van der Waals surface area contributed by atoms with Gasteiger partial charge in [0.05, 0.1) is 33.9 Å². The molecule has 0 fully saturated rings. The Bertz CT molecular complexity index is 1550. The van der Waals surface area contributed by atoms with Crippen LogP contribution in [0.2, 0.25) is 5.02 Å². The molecule has 10 heteroatoms. The zero-order valence-electron chi connectivity index (χ0n) is 18.2. The van der Waals surface area contributed by atoms with Gasteiger partial charge in [-0.25, -0.2) is 8.42 Å². The first-order valence-corrected chi connectivity index (χ1v) is 12.2. The van der Waals surface area contributed by atoms with Crippen LogP contribution in [-0.2, 0) is 21.4 Å². The Labute approximate surface area is 201 Å². The number of hydrogen-bond acceptors (Lipinski definition) is 5. The Morgan fingerprint density at radius 3 is 2.59 bits per heavy atom. The van der Waals surface area contributed by atoms with Crippen LogP contribution < -0.4 is 15.5 Å². The number of nitrogens with zero attached hydrogens (tertiary/aromatic N) is 2. The van der Waals surface area contributed by atoms with Gasteiger partial charge in [0.15, 0.2) is 0 Å². The first-order valence-electron chi connectivity index (χ1n) is 10.4. The molecule has 0 spiro atoms. The molecule has 0 radical (unpaired) electrons. The van der Waals surface area contributed by atoms with Gasteiger partial charge in [-0.05, 0) is 48.9 Å². The highest BCUT2D eigenvalue weighted by Crippen LogP contribution is 2.27. The summed E-state index contributed by atoms with van der Waals surface area (Å²) in [6, 6.07) is 18.2. The standard InChI is InChI=1S/C24H21ClN4O4S/c1-16-10-11-17(14-23(16)34(32,33)28-20-8-4-3-7-19(20)25)27-24(31)12-13-29-21-9-5-2-6-18(21)22(30)15-26-29/h2-11,14-15,28H,12-13H2,1H3,(H,27,31). The van der Waals surface area contributed by atoms with E-state index >= 15 is 0 Å². The van der Waals surface area contributed by atoms with E-state index in [1.807, 2.05) is 0 Å². The monoisotopic (exact) mass is 496 g/mol. The Hall–Kier alpha value is -3.69. The first kappa shape index (κ1) is 23.5. The molecule has 0 saturated carbocycles. The van der Waals surface area contributed by atoms with Gasteiger partial charge in [-0.2, -0.15) is 5.10 Å². The Kier molecular flexibility index (Phi) is 6.67. The van der Waals surface area contributed by atoms with Crippen molar-refractivity contribution in [3.05, 3.63) is 93.7 Å². The van der Waals surface area contributed by atoms with Crippen molar-refractivity contribution in [2.75, 3.05) is 10.0 Å². The number of carbonyl (C=O) groups excluding carboxylic acids is 1. The molecule has 1 heterocycles. The summed E-state index contributed by atoms with van der Waals surface area (Å²) in [5, 5.41) is 7.64. The lowest BCUT2D eigenvalue weighted by molar-refractivity contribution is -0.116. The van der Waals surface area contributed by atoms with Gasteiger partial charge >= 0.3 is 0 Å². The van der Waals surface area contributed by atoms with Gasteiger partial charge in [0, 0.05) is 17.5 Å². The van der Waals surface area contributed by atoms with Gasteiger partial charge in [0.2, 0.25) is 11.3 Å². The van der Waals surface area contributed by atoms with E-state index in [-0.39, 0.29) is 39.9 Å². The van der Waals surface area contributed by atoms with E-state index in [1.165, 1.54) is 12.3 Å². The smallest absolute Gasteiger partial charge is 0.262 e. The van der Waals surface area contributed by atoms with Crippen LogP contribution in [0.5, 0.6) is 0 Å². The highest BCUT2D eigenvalue weighted by Gasteiger charge is 2.19. The SMILES string of the molecule is Cc1ccc(NC(=O)CCn2ncc(=O)c3ccccc32)cc1S(=O)(=O)Nc1ccccc1Cl. The zero-order valence-corrected chi connectivity index (χ0v) is 19.7. The minimum Gasteiger partial charge on any atom is -0.326 e. The third-order valence-corrected chi connectivity index (χ3v) is 7.03. The van der Waals surface area contributed by atoms with E-state index in [0.717, 1.165) is 0 Å². The van der Waals surface area contributed by atoms with Crippen molar-refractivity contribution in [1.82, 2.24) is 9.78 Å².